The maximum absolute atomic E-state index is 12.0. The Morgan fingerprint density at radius 3 is 2.86 bits per heavy atom. The minimum atomic E-state index is -0.516. The zero-order chi connectivity index (χ0) is 10.6. The number of rotatable bonds is 4. The van der Waals surface area contributed by atoms with Crippen LogP contribution in [0.15, 0.2) is 11.8 Å². The monoisotopic (exact) mass is 197 g/mol. The van der Waals surface area contributed by atoms with Crippen LogP contribution in [0.4, 0.5) is 0 Å². The average Bonchev–Trinajstić information content (AvgIpc) is 2.18. The van der Waals surface area contributed by atoms with E-state index in [0.717, 1.165) is 19.4 Å². The van der Waals surface area contributed by atoms with Crippen LogP contribution in [0.3, 0.4) is 0 Å². The molecule has 0 spiro atoms. The second-order valence-corrected chi connectivity index (χ2v) is 4.04. The fourth-order valence-corrected chi connectivity index (χ4v) is 1.55. The van der Waals surface area contributed by atoms with Gasteiger partial charge in [0.25, 0.3) is 0 Å². The molecule has 1 aliphatic heterocycles. The topological polar surface area (TPSA) is 38.3 Å². The van der Waals surface area contributed by atoms with Gasteiger partial charge in [-0.3, -0.25) is 4.79 Å². The van der Waals surface area contributed by atoms with Crippen LogP contribution in [-0.2, 0) is 9.53 Å². The Morgan fingerprint density at radius 1 is 1.64 bits per heavy atom. The molecule has 1 rings (SSSR count). The summed E-state index contributed by atoms with van der Waals surface area (Å²) in [5.41, 5.74) is -0.516. The first-order valence-electron chi connectivity index (χ1n) is 5.20. The lowest BCUT2D eigenvalue weighted by atomic mass is 9.96. The molecule has 0 aromatic heterocycles. The molecule has 14 heavy (non-hydrogen) atoms. The summed E-state index contributed by atoms with van der Waals surface area (Å²) in [5, 5.41) is 3.15. The standard InChI is InChI=1S/C11H19NO2/c1-4-12-11(2,3)10(13)9-7-5-6-8-14-9/h7,12H,4-6,8H2,1-3H3. The quantitative estimate of drug-likeness (QED) is 0.744. The highest BCUT2D eigenvalue weighted by Crippen LogP contribution is 2.17. The van der Waals surface area contributed by atoms with Gasteiger partial charge in [0.05, 0.1) is 12.1 Å². The highest BCUT2D eigenvalue weighted by molar-refractivity contribution is 6.00. The van der Waals surface area contributed by atoms with Crippen molar-refractivity contribution in [2.24, 2.45) is 0 Å². The lowest BCUT2D eigenvalue weighted by molar-refractivity contribution is -0.124. The average molecular weight is 197 g/mol. The Labute approximate surface area is 85.5 Å². The second-order valence-electron chi connectivity index (χ2n) is 4.04. The van der Waals surface area contributed by atoms with E-state index in [-0.39, 0.29) is 5.78 Å². The van der Waals surface area contributed by atoms with Gasteiger partial charge in [0.2, 0.25) is 5.78 Å². The number of ether oxygens (including phenoxy) is 1. The van der Waals surface area contributed by atoms with Gasteiger partial charge in [-0.2, -0.15) is 0 Å². The van der Waals surface area contributed by atoms with Crippen LogP contribution in [0.2, 0.25) is 0 Å². The number of allylic oxidation sites excluding steroid dienone is 1. The molecule has 0 aliphatic carbocycles. The molecule has 0 amide bonds. The van der Waals surface area contributed by atoms with Crippen molar-refractivity contribution in [1.82, 2.24) is 5.32 Å². The molecule has 0 atom stereocenters. The molecular formula is C11H19NO2. The Kier molecular flexibility index (Phi) is 3.69. The molecular weight excluding hydrogens is 178 g/mol. The highest BCUT2D eigenvalue weighted by Gasteiger charge is 2.30. The van der Waals surface area contributed by atoms with E-state index in [4.69, 9.17) is 4.74 Å². The maximum atomic E-state index is 12.0. The molecule has 0 fully saturated rings. The molecule has 0 aromatic rings. The molecule has 3 heteroatoms. The van der Waals surface area contributed by atoms with E-state index in [0.29, 0.717) is 12.4 Å². The van der Waals surface area contributed by atoms with E-state index >= 15 is 0 Å². The van der Waals surface area contributed by atoms with Crippen LogP contribution in [0.1, 0.15) is 33.6 Å². The predicted octanol–water partition coefficient (Wildman–Crippen LogP) is 1.64. The van der Waals surface area contributed by atoms with E-state index in [1.165, 1.54) is 0 Å². The van der Waals surface area contributed by atoms with Gasteiger partial charge in [0.15, 0.2) is 5.76 Å². The first kappa shape index (κ1) is 11.2. The Hall–Kier alpha value is -0.830. The summed E-state index contributed by atoms with van der Waals surface area (Å²) in [6, 6.07) is 0. The van der Waals surface area contributed by atoms with Gasteiger partial charge in [-0.15, -0.1) is 0 Å². The van der Waals surface area contributed by atoms with Crippen molar-refractivity contribution < 1.29 is 9.53 Å². The first-order chi connectivity index (χ1) is 6.58. The zero-order valence-electron chi connectivity index (χ0n) is 9.22. The number of carbonyl (C=O) groups is 1. The van der Waals surface area contributed by atoms with Gasteiger partial charge in [-0.1, -0.05) is 6.92 Å². The molecule has 3 nitrogen and oxygen atoms in total. The van der Waals surface area contributed by atoms with Crippen molar-refractivity contribution in [2.75, 3.05) is 13.2 Å². The van der Waals surface area contributed by atoms with Crippen molar-refractivity contribution in [3.05, 3.63) is 11.8 Å². The molecule has 1 N–H and O–H groups in total. The van der Waals surface area contributed by atoms with Gasteiger partial charge in [-0.25, -0.2) is 0 Å². The number of carbonyl (C=O) groups excluding carboxylic acids is 1. The molecule has 1 aliphatic rings. The van der Waals surface area contributed by atoms with Crippen LogP contribution in [0.5, 0.6) is 0 Å². The molecule has 0 aromatic carbocycles. The highest BCUT2D eigenvalue weighted by atomic mass is 16.5. The number of Topliss-reactive ketones (excluding diaryl/α,β-unsaturated/α-hetero) is 1. The third kappa shape index (κ3) is 2.58. The minimum absolute atomic E-state index is 0.0547. The van der Waals surface area contributed by atoms with Crippen molar-refractivity contribution in [3.8, 4) is 0 Å². The summed E-state index contributed by atoms with van der Waals surface area (Å²) < 4.78 is 5.34. The van der Waals surface area contributed by atoms with Gasteiger partial charge in [0, 0.05) is 0 Å². The predicted molar refractivity (Wildman–Crippen MR) is 56.0 cm³/mol. The van der Waals surface area contributed by atoms with Crippen LogP contribution in [0.25, 0.3) is 0 Å². The van der Waals surface area contributed by atoms with Crippen molar-refractivity contribution >= 4 is 5.78 Å². The van der Waals surface area contributed by atoms with Crippen molar-refractivity contribution in [3.63, 3.8) is 0 Å². The zero-order valence-corrected chi connectivity index (χ0v) is 9.22. The maximum Gasteiger partial charge on any atom is 0.216 e. The van der Waals surface area contributed by atoms with E-state index in [2.05, 4.69) is 5.32 Å². The summed E-state index contributed by atoms with van der Waals surface area (Å²) in [5.74, 6) is 0.584. The van der Waals surface area contributed by atoms with Gasteiger partial charge in [0.1, 0.15) is 0 Å². The van der Waals surface area contributed by atoms with Crippen LogP contribution >= 0.6 is 0 Å². The van der Waals surface area contributed by atoms with E-state index in [1.807, 2.05) is 26.8 Å². The number of likely N-dealkylation sites (N-methyl/N-ethyl adjacent to an activating group) is 1. The van der Waals surface area contributed by atoms with Gasteiger partial charge < -0.3 is 10.1 Å². The van der Waals surface area contributed by atoms with Crippen LogP contribution in [-0.4, -0.2) is 24.5 Å². The molecule has 0 saturated carbocycles. The van der Waals surface area contributed by atoms with E-state index < -0.39 is 5.54 Å². The number of hydrogen-bond donors (Lipinski definition) is 1. The SMILES string of the molecule is CCNC(C)(C)C(=O)C1=CCCCO1. The second kappa shape index (κ2) is 4.60. The molecule has 0 saturated heterocycles. The molecule has 1 heterocycles. The fourth-order valence-electron chi connectivity index (χ4n) is 1.55. The number of ketones is 1. The number of nitrogens with one attached hydrogen (secondary N) is 1. The number of hydrogen-bond acceptors (Lipinski definition) is 3. The van der Waals surface area contributed by atoms with E-state index in [1.54, 1.807) is 0 Å². The van der Waals surface area contributed by atoms with Gasteiger partial charge in [-0.05, 0) is 39.3 Å². The van der Waals surface area contributed by atoms with E-state index in [9.17, 15) is 4.79 Å². The van der Waals surface area contributed by atoms with Gasteiger partial charge >= 0.3 is 0 Å². The fraction of sp³-hybridized carbons (Fsp3) is 0.727. The van der Waals surface area contributed by atoms with Crippen LogP contribution < -0.4 is 5.32 Å². The Balaban J connectivity index is 2.67. The molecule has 80 valence electrons. The summed E-state index contributed by atoms with van der Waals surface area (Å²) in [7, 11) is 0. The molecule has 0 bridgehead atoms. The lowest BCUT2D eigenvalue weighted by Gasteiger charge is -2.26. The minimum Gasteiger partial charge on any atom is -0.490 e. The van der Waals surface area contributed by atoms with Crippen molar-refractivity contribution in [1.29, 1.82) is 0 Å². The summed E-state index contributed by atoms with van der Waals surface area (Å²) in [6.45, 7) is 7.21. The molecule has 0 radical (unpaired) electrons. The van der Waals surface area contributed by atoms with Crippen molar-refractivity contribution in [2.45, 2.75) is 39.2 Å². The first-order valence-corrected chi connectivity index (χ1v) is 5.20. The molecule has 0 unspecified atom stereocenters. The summed E-state index contributed by atoms with van der Waals surface area (Å²) >= 11 is 0. The smallest absolute Gasteiger partial charge is 0.216 e. The lowest BCUT2D eigenvalue weighted by Crippen LogP contribution is -2.47. The Bertz CT molecular complexity index is 244. The third-order valence-electron chi connectivity index (χ3n) is 2.35. The summed E-state index contributed by atoms with van der Waals surface area (Å²) in [6.07, 6.45) is 3.85. The van der Waals surface area contributed by atoms with Crippen LogP contribution in [0, 0.1) is 0 Å². The largest absolute Gasteiger partial charge is 0.490 e. The Morgan fingerprint density at radius 2 is 2.36 bits per heavy atom. The third-order valence-corrected chi connectivity index (χ3v) is 2.35. The normalized spacial score (nSPS) is 17.2. The summed E-state index contributed by atoms with van der Waals surface area (Å²) in [4.78, 5) is 12.0.